The minimum Gasteiger partial charge on any atom is -0.379 e. The molecule has 1 fully saturated rings. The molecule has 0 bridgehead atoms. The van der Waals surface area contributed by atoms with Crippen molar-refractivity contribution in [3.05, 3.63) is 11.9 Å². The van der Waals surface area contributed by atoms with Gasteiger partial charge >= 0.3 is 0 Å². The van der Waals surface area contributed by atoms with Gasteiger partial charge in [-0.3, -0.25) is 4.68 Å². The summed E-state index contributed by atoms with van der Waals surface area (Å²) >= 11 is 0. The van der Waals surface area contributed by atoms with Crippen molar-refractivity contribution in [1.29, 1.82) is 0 Å². The predicted octanol–water partition coefficient (Wildman–Crippen LogP) is 2.49. The first-order chi connectivity index (χ1) is 8.19. The van der Waals surface area contributed by atoms with E-state index < -0.39 is 0 Å². The Labute approximate surface area is 103 Å². The average Bonchev–Trinajstić information content (AvgIpc) is 2.58. The second kappa shape index (κ2) is 5.54. The van der Waals surface area contributed by atoms with Crippen LogP contribution in [0.4, 0.5) is 5.69 Å². The summed E-state index contributed by atoms with van der Waals surface area (Å²) in [7, 11) is 1.96. The molecule has 4 nitrogen and oxygen atoms in total. The van der Waals surface area contributed by atoms with Gasteiger partial charge in [0.1, 0.15) is 0 Å². The number of aromatic nitrogens is 2. The van der Waals surface area contributed by atoms with Gasteiger partial charge < -0.3 is 10.1 Å². The van der Waals surface area contributed by atoms with Gasteiger partial charge in [-0.05, 0) is 26.2 Å². The van der Waals surface area contributed by atoms with E-state index in [-0.39, 0.29) is 0 Å². The van der Waals surface area contributed by atoms with Crippen molar-refractivity contribution in [2.45, 2.75) is 51.7 Å². The molecule has 17 heavy (non-hydrogen) atoms. The van der Waals surface area contributed by atoms with Crippen LogP contribution >= 0.6 is 0 Å². The first kappa shape index (κ1) is 12.4. The summed E-state index contributed by atoms with van der Waals surface area (Å²) in [6.07, 6.45) is 7.06. The fraction of sp³-hybridized carbons (Fsp3) is 0.769. The van der Waals surface area contributed by atoms with Crippen molar-refractivity contribution < 1.29 is 4.74 Å². The Bertz CT molecular complexity index is 360. The zero-order chi connectivity index (χ0) is 12.3. The predicted molar refractivity (Wildman–Crippen MR) is 69.2 cm³/mol. The van der Waals surface area contributed by atoms with Crippen molar-refractivity contribution in [3.8, 4) is 0 Å². The molecule has 2 rings (SSSR count). The van der Waals surface area contributed by atoms with Crippen LogP contribution in [0.1, 0.15) is 38.3 Å². The fourth-order valence-corrected chi connectivity index (χ4v) is 2.50. The number of ether oxygens (including phenoxy) is 1. The molecule has 1 aromatic heterocycles. The highest BCUT2D eigenvalue weighted by Crippen LogP contribution is 2.22. The second-order valence-corrected chi connectivity index (χ2v) is 4.95. The third-order valence-corrected chi connectivity index (χ3v) is 3.35. The molecule has 4 heteroatoms. The van der Waals surface area contributed by atoms with Crippen molar-refractivity contribution in [2.24, 2.45) is 7.05 Å². The van der Waals surface area contributed by atoms with E-state index in [4.69, 9.17) is 4.74 Å². The second-order valence-electron chi connectivity index (χ2n) is 4.95. The molecule has 0 aliphatic carbocycles. The van der Waals surface area contributed by atoms with Gasteiger partial charge in [0.2, 0.25) is 0 Å². The molecule has 1 saturated heterocycles. The lowest BCUT2D eigenvalue weighted by Gasteiger charge is -2.30. The van der Waals surface area contributed by atoms with Crippen LogP contribution in [-0.4, -0.2) is 28.5 Å². The van der Waals surface area contributed by atoms with Crippen LogP contribution in [0.25, 0.3) is 0 Å². The van der Waals surface area contributed by atoms with E-state index in [1.54, 1.807) is 0 Å². The number of nitrogens with one attached hydrogen (secondary N) is 1. The van der Waals surface area contributed by atoms with Crippen LogP contribution in [0.5, 0.6) is 0 Å². The maximum absolute atomic E-state index is 5.76. The molecule has 0 aromatic carbocycles. The summed E-state index contributed by atoms with van der Waals surface area (Å²) in [6.45, 7) is 5.14. The van der Waals surface area contributed by atoms with Gasteiger partial charge in [0.15, 0.2) is 0 Å². The SMILES string of the molecule is CCCC1CC(Nc2cn(C)nc2C)CCO1. The first-order valence-electron chi connectivity index (χ1n) is 6.57. The Kier molecular flexibility index (Phi) is 4.05. The van der Waals surface area contributed by atoms with Crippen LogP contribution in [0, 0.1) is 6.92 Å². The molecule has 96 valence electrons. The van der Waals surface area contributed by atoms with E-state index >= 15 is 0 Å². The van der Waals surface area contributed by atoms with Gasteiger partial charge in [-0.25, -0.2) is 0 Å². The van der Waals surface area contributed by atoms with Crippen LogP contribution in [0.15, 0.2) is 6.20 Å². The highest BCUT2D eigenvalue weighted by molar-refractivity contribution is 5.46. The van der Waals surface area contributed by atoms with Crippen LogP contribution in [-0.2, 0) is 11.8 Å². The molecule has 2 unspecified atom stereocenters. The standard InChI is InChI=1S/C13H23N3O/c1-4-5-12-8-11(6-7-17-12)14-13-9-16(3)15-10(13)2/h9,11-12,14H,4-8H2,1-3H3. The smallest absolute Gasteiger partial charge is 0.0825 e. The lowest BCUT2D eigenvalue weighted by atomic mass is 10.00. The highest BCUT2D eigenvalue weighted by Gasteiger charge is 2.22. The maximum Gasteiger partial charge on any atom is 0.0825 e. The number of nitrogens with zero attached hydrogens (tertiary/aromatic N) is 2. The lowest BCUT2D eigenvalue weighted by molar-refractivity contribution is 0.00597. The summed E-state index contributed by atoms with van der Waals surface area (Å²) in [5, 5.41) is 7.95. The Hall–Kier alpha value is -1.03. The topological polar surface area (TPSA) is 39.1 Å². The Balaban J connectivity index is 1.92. The molecule has 2 heterocycles. The molecular formula is C13H23N3O. The summed E-state index contributed by atoms with van der Waals surface area (Å²) in [5.74, 6) is 0. The molecule has 1 N–H and O–H groups in total. The minimum atomic E-state index is 0.434. The van der Waals surface area contributed by atoms with Gasteiger partial charge in [-0.2, -0.15) is 5.10 Å². The van der Waals surface area contributed by atoms with E-state index in [1.165, 1.54) is 12.8 Å². The van der Waals surface area contributed by atoms with E-state index in [0.29, 0.717) is 12.1 Å². The van der Waals surface area contributed by atoms with Crippen molar-refractivity contribution in [3.63, 3.8) is 0 Å². The molecule has 0 spiro atoms. The number of rotatable bonds is 4. The van der Waals surface area contributed by atoms with Crippen molar-refractivity contribution in [2.75, 3.05) is 11.9 Å². The lowest BCUT2D eigenvalue weighted by Crippen LogP contribution is -2.34. The summed E-state index contributed by atoms with van der Waals surface area (Å²) < 4.78 is 7.62. The van der Waals surface area contributed by atoms with Gasteiger partial charge in [-0.15, -0.1) is 0 Å². The molecule has 2 atom stereocenters. The van der Waals surface area contributed by atoms with Crippen LogP contribution in [0.2, 0.25) is 0 Å². The largest absolute Gasteiger partial charge is 0.379 e. The zero-order valence-corrected chi connectivity index (χ0v) is 11.1. The average molecular weight is 237 g/mol. The minimum absolute atomic E-state index is 0.434. The van der Waals surface area contributed by atoms with E-state index in [2.05, 4.69) is 23.5 Å². The Morgan fingerprint density at radius 1 is 1.59 bits per heavy atom. The molecule has 1 aromatic rings. The van der Waals surface area contributed by atoms with Crippen molar-refractivity contribution in [1.82, 2.24) is 9.78 Å². The third-order valence-electron chi connectivity index (χ3n) is 3.35. The molecule has 0 saturated carbocycles. The molecular weight excluding hydrogens is 214 g/mol. The Morgan fingerprint density at radius 2 is 2.41 bits per heavy atom. The van der Waals surface area contributed by atoms with Gasteiger partial charge in [0.25, 0.3) is 0 Å². The van der Waals surface area contributed by atoms with Gasteiger partial charge in [-0.1, -0.05) is 13.3 Å². The summed E-state index contributed by atoms with van der Waals surface area (Å²) in [4.78, 5) is 0. The first-order valence-corrected chi connectivity index (χ1v) is 6.57. The third kappa shape index (κ3) is 3.22. The molecule has 1 aliphatic rings. The van der Waals surface area contributed by atoms with E-state index in [1.807, 2.05) is 18.7 Å². The van der Waals surface area contributed by atoms with E-state index in [0.717, 1.165) is 30.8 Å². The van der Waals surface area contributed by atoms with Crippen LogP contribution < -0.4 is 5.32 Å². The molecule has 0 amide bonds. The quantitative estimate of drug-likeness (QED) is 0.874. The zero-order valence-electron chi connectivity index (χ0n) is 11.1. The Morgan fingerprint density at radius 3 is 3.06 bits per heavy atom. The maximum atomic E-state index is 5.76. The van der Waals surface area contributed by atoms with Crippen LogP contribution in [0.3, 0.4) is 0 Å². The van der Waals surface area contributed by atoms with Gasteiger partial charge in [0.05, 0.1) is 17.5 Å². The van der Waals surface area contributed by atoms with Crippen molar-refractivity contribution >= 4 is 5.69 Å². The number of aryl methyl sites for hydroxylation is 2. The summed E-state index contributed by atoms with van der Waals surface area (Å²) in [6, 6.07) is 0.531. The monoisotopic (exact) mass is 237 g/mol. The fourth-order valence-electron chi connectivity index (χ4n) is 2.50. The number of hydrogen-bond acceptors (Lipinski definition) is 3. The van der Waals surface area contributed by atoms with E-state index in [9.17, 15) is 0 Å². The molecule has 1 aliphatic heterocycles. The number of anilines is 1. The van der Waals surface area contributed by atoms with Gasteiger partial charge in [0, 0.05) is 25.9 Å². The highest BCUT2D eigenvalue weighted by atomic mass is 16.5. The number of hydrogen-bond donors (Lipinski definition) is 1. The summed E-state index contributed by atoms with van der Waals surface area (Å²) in [5.41, 5.74) is 2.24. The molecule has 0 radical (unpaired) electrons. The normalized spacial score (nSPS) is 24.9.